The Labute approximate surface area is 290 Å². The van der Waals surface area contributed by atoms with Gasteiger partial charge in [0.2, 0.25) is 0 Å². The van der Waals surface area contributed by atoms with Gasteiger partial charge in [-0.15, -0.1) is 0 Å². The van der Waals surface area contributed by atoms with Crippen LogP contribution in [0.3, 0.4) is 0 Å². The fraction of sp³-hybridized carbons (Fsp3) is 1.00. The predicted octanol–water partition coefficient (Wildman–Crippen LogP) is 13.2. The summed E-state index contributed by atoms with van der Waals surface area (Å²) in [5, 5.41) is 0. The monoisotopic (exact) mass is 737 g/mol. The highest BCUT2D eigenvalue weighted by Gasteiger charge is 2.49. The predicted molar refractivity (Wildman–Crippen MR) is 213 cm³/mol. The molecule has 3 unspecified atom stereocenters. The Balaban J connectivity index is 6.11. The molecule has 0 aromatic heterocycles. The average molecular weight is 739 g/mol. The number of hydrogen-bond acceptors (Lipinski definition) is 5. The standard InChI is InChI=1S/C34H81O5Si6/c1-14-17-20-23-26-29-32-43(11,36-40(4)35-41(5,6)7)38-45(13,34-31-28-25-22-19-16-3)39-44(12,37-42(8,9)10)33-30-27-24-21-18-15-2/h14-34H2,1-13H3. The van der Waals surface area contributed by atoms with Gasteiger partial charge >= 0.3 is 35.0 Å². The van der Waals surface area contributed by atoms with Crippen molar-refractivity contribution in [3.63, 3.8) is 0 Å². The van der Waals surface area contributed by atoms with Crippen molar-refractivity contribution in [2.45, 2.75) is 220 Å². The molecule has 0 aromatic rings. The maximum Gasteiger partial charge on any atom is 0.360 e. The van der Waals surface area contributed by atoms with Crippen LogP contribution >= 0.6 is 0 Å². The normalized spacial score (nSPS) is 16.9. The highest BCUT2D eigenvalue weighted by molar-refractivity contribution is 6.90. The molecule has 5 nitrogen and oxygen atoms in total. The molecule has 271 valence electrons. The summed E-state index contributed by atoms with van der Waals surface area (Å²) in [7, 11) is -12.5. The minimum Gasteiger partial charge on any atom is -0.437 e. The summed E-state index contributed by atoms with van der Waals surface area (Å²) in [6.45, 7) is 29.9. The molecule has 0 spiro atoms. The average Bonchev–Trinajstić information content (AvgIpc) is 2.87. The van der Waals surface area contributed by atoms with Crippen LogP contribution in [0.4, 0.5) is 0 Å². The molecule has 0 fully saturated rings. The summed E-state index contributed by atoms with van der Waals surface area (Å²) < 4.78 is 35.6. The fourth-order valence-corrected chi connectivity index (χ4v) is 32.0. The number of rotatable bonds is 31. The molecule has 11 heteroatoms. The molecule has 0 saturated carbocycles. The molecule has 45 heavy (non-hydrogen) atoms. The fourth-order valence-electron chi connectivity index (χ4n) is 6.37. The van der Waals surface area contributed by atoms with Gasteiger partial charge in [0.15, 0.2) is 16.6 Å². The Morgan fingerprint density at radius 2 is 0.667 bits per heavy atom. The van der Waals surface area contributed by atoms with Gasteiger partial charge < -0.3 is 20.6 Å². The molecular weight excluding hydrogens is 657 g/mol. The van der Waals surface area contributed by atoms with Crippen LogP contribution in [0.2, 0.25) is 83.6 Å². The lowest BCUT2D eigenvalue weighted by Crippen LogP contribution is -2.60. The minimum atomic E-state index is -2.61. The topological polar surface area (TPSA) is 46.2 Å². The maximum atomic E-state index is 7.50. The third kappa shape index (κ3) is 26.6. The summed E-state index contributed by atoms with van der Waals surface area (Å²) in [5.74, 6) is 0. The molecule has 0 bridgehead atoms. The van der Waals surface area contributed by atoms with E-state index in [0.29, 0.717) is 0 Å². The summed E-state index contributed by atoms with van der Waals surface area (Å²) in [5.41, 5.74) is 0. The maximum absolute atomic E-state index is 7.50. The SMILES string of the molecule is CCCCCCCC[Si](C)(O[Si](C)O[Si](C)(C)C)O[Si](C)(CCCCCCCC)O[Si](C)(CCCCCCCC)O[Si](C)(C)C. The Morgan fingerprint density at radius 3 is 1.02 bits per heavy atom. The van der Waals surface area contributed by atoms with Crippen molar-refractivity contribution in [2.24, 2.45) is 0 Å². The zero-order chi connectivity index (χ0) is 34.5. The van der Waals surface area contributed by atoms with Crippen molar-refractivity contribution in [1.29, 1.82) is 0 Å². The van der Waals surface area contributed by atoms with Crippen LogP contribution in [0, 0.1) is 0 Å². The lowest BCUT2D eigenvalue weighted by Gasteiger charge is -2.44. The molecule has 0 saturated heterocycles. The van der Waals surface area contributed by atoms with Crippen LogP contribution < -0.4 is 0 Å². The van der Waals surface area contributed by atoms with Crippen LogP contribution in [-0.2, 0) is 20.6 Å². The van der Waals surface area contributed by atoms with Gasteiger partial charge in [-0.1, -0.05) is 136 Å². The van der Waals surface area contributed by atoms with E-state index in [4.69, 9.17) is 20.6 Å². The zero-order valence-corrected chi connectivity index (χ0v) is 38.9. The molecule has 0 heterocycles. The Morgan fingerprint density at radius 1 is 0.356 bits per heavy atom. The largest absolute Gasteiger partial charge is 0.437 e. The molecule has 0 aromatic carbocycles. The zero-order valence-electron chi connectivity index (χ0n) is 32.9. The molecule has 0 aliphatic rings. The Kier molecular flexibility index (Phi) is 24.9. The number of hydrogen-bond donors (Lipinski definition) is 0. The summed E-state index contributed by atoms with van der Waals surface area (Å²) in [6, 6.07) is 3.14. The van der Waals surface area contributed by atoms with Crippen molar-refractivity contribution in [3.8, 4) is 0 Å². The van der Waals surface area contributed by atoms with E-state index < -0.39 is 51.6 Å². The molecule has 0 aliphatic carbocycles. The van der Waals surface area contributed by atoms with Crippen LogP contribution in [-0.4, -0.2) is 51.6 Å². The first-order valence-electron chi connectivity index (χ1n) is 19.2. The first-order chi connectivity index (χ1) is 20.9. The van der Waals surface area contributed by atoms with E-state index in [9.17, 15) is 0 Å². The lowest BCUT2D eigenvalue weighted by atomic mass is 10.1. The van der Waals surface area contributed by atoms with E-state index in [2.05, 4.69) is 86.2 Å². The van der Waals surface area contributed by atoms with Gasteiger partial charge in [0.1, 0.15) is 0 Å². The quantitative estimate of drug-likeness (QED) is 0.0524. The Bertz CT molecular complexity index is 722. The van der Waals surface area contributed by atoms with Gasteiger partial charge in [-0.25, -0.2) is 0 Å². The Hall–Kier alpha value is 1.10. The van der Waals surface area contributed by atoms with Crippen LogP contribution in [0.1, 0.15) is 136 Å². The smallest absolute Gasteiger partial charge is 0.360 e. The highest BCUT2D eigenvalue weighted by atomic mass is 28.5. The highest BCUT2D eigenvalue weighted by Crippen LogP contribution is 2.34. The summed E-state index contributed by atoms with van der Waals surface area (Å²) in [4.78, 5) is 0. The van der Waals surface area contributed by atoms with E-state index in [1.54, 1.807) is 0 Å². The second-order valence-corrected chi connectivity index (χ2v) is 38.0. The molecule has 0 rings (SSSR count). The first-order valence-corrected chi connectivity index (χ1v) is 35.4. The van der Waals surface area contributed by atoms with Crippen molar-refractivity contribution in [2.75, 3.05) is 0 Å². The molecule has 1 radical (unpaired) electrons. The molecule has 0 N–H and O–H groups in total. The van der Waals surface area contributed by atoms with E-state index in [-0.39, 0.29) is 0 Å². The third-order valence-corrected chi connectivity index (χ3v) is 29.5. The van der Waals surface area contributed by atoms with Crippen LogP contribution in [0.5, 0.6) is 0 Å². The van der Waals surface area contributed by atoms with Crippen molar-refractivity contribution in [3.05, 3.63) is 0 Å². The van der Waals surface area contributed by atoms with Crippen LogP contribution in [0.15, 0.2) is 0 Å². The third-order valence-electron chi connectivity index (χ3n) is 8.15. The van der Waals surface area contributed by atoms with Gasteiger partial charge in [0.25, 0.3) is 0 Å². The molecule has 0 aliphatic heterocycles. The van der Waals surface area contributed by atoms with E-state index in [1.165, 1.54) is 116 Å². The second kappa shape index (κ2) is 24.3. The van der Waals surface area contributed by atoms with Gasteiger partial charge in [-0.3, -0.25) is 0 Å². The minimum absolute atomic E-state index is 1.03. The summed E-state index contributed by atoms with van der Waals surface area (Å²) >= 11 is 0. The molecule has 0 amide bonds. The van der Waals surface area contributed by atoms with E-state index in [0.717, 1.165) is 18.1 Å². The molecule has 3 atom stereocenters. The van der Waals surface area contributed by atoms with Gasteiger partial charge in [0.05, 0.1) is 0 Å². The molecular formula is C34H81O5Si6. The number of unbranched alkanes of at least 4 members (excludes halogenated alkanes) is 15. The van der Waals surface area contributed by atoms with Crippen molar-refractivity contribution >= 4 is 51.6 Å². The van der Waals surface area contributed by atoms with Gasteiger partial charge in [0, 0.05) is 0 Å². The van der Waals surface area contributed by atoms with E-state index >= 15 is 0 Å². The lowest BCUT2D eigenvalue weighted by molar-refractivity contribution is 0.273. The van der Waals surface area contributed by atoms with Crippen LogP contribution in [0.25, 0.3) is 0 Å². The van der Waals surface area contributed by atoms with E-state index in [1.807, 2.05) is 0 Å². The van der Waals surface area contributed by atoms with Crippen molar-refractivity contribution < 1.29 is 20.6 Å². The summed E-state index contributed by atoms with van der Waals surface area (Å²) in [6.07, 6.45) is 23.2. The van der Waals surface area contributed by atoms with Gasteiger partial charge in [-0.2, -0.15) is 0 Å². The van der Waals surface area contributed by atoms with Crippen molar-refractivity contribution in [1.82, 2.24) is 0 Å². The second-order valence-electron chi connectivity index (χ2n) is 16.2. The first kappa shape index (κ1) is 46.1. The van der Waals surface area contributed by atoms with Gasteiger partial charge in [-0.05, 0) is 83.6 Å².